The molecule has 0 radical (unpaired) electrons. The van der Waals surface area contributed by atoms with Gasteiger partial charge in [0.2, 0.25) is 0 Å². The molecule has 126 valence electrons. The summed E-state index contributed by atoms with van der Waals surface area (Å²) >= 11 is 6.13. The fraction of sp³-hybridized carbons (Fsp3) is 0.333. The monoisotopic (exact) mass is 344 g/mol. The standard InChI is InChI=1S/C18H21ClN4O/c1-13-3-4-14(11-16(13)19)21-15-5-6-17(20-12-15)18(24)23-9-7-22(2)8-10-23/h3-6,11-12,21H,7-10H2,1-2H3. The number of amides is 1. The third-order valence-electron chi connectivity index (χ3n) is 4.23. The maximum Gasteiger partial charge on any atom is 0.272 e. The number of hydrogen-bond donors (Lipinski definition) is 1. The summed E-state index contributed by atoms with van der Waals surface area (Å²) in [5.74, 6) is -0.00645. The predicted octanol–water partition coefficient (Wildman–Crippen LogP) is 3.17. The lowest BCUT2D eigenvalue weighted by Gasteiger charge is -2.32. The first-order chi connectivity index (χ1) is 11.5. The highest BCUT2D eigenvalue weighted by atomic mass is 35.5. The normalized spacial score (nSPS) is 15.4. The SMILES string of the molecule is Cc1ccc(Nc2ccc(C(=O)N3CCN(C)CC3)nc2)cc1Cl. The summed E-state index contributed by atoms with van der Waals surface area (Å²) in [5, 5.41) is 3.96. The van der Waals surface area contributed by atoms with Crippen LogP contribution in [0.3, 0.4) is 0 Å². The Morgan fingerprint density at radius 1 is 1.12 bits per heavy atom. The first kappa shape index (κ1) is 16.7. The van der Waals surface area contributed by atoms with Crippen LogP contribution >= 0.6 is 11.6 Å². The third-order valence-corrected chi connectivity index (χ3v) is 4.64. The quantitative estimate of drug-likeness (QED) is 0.929. The Morgan fingerprint density at radius 2 is 1.83 bits per heavy atom. The second-order valence-corrected chi connectivity index (χ2v) is 6.52. The summed E-state index contributed by atoms with van der Waals surface area (Å²) in [6.45, 7) is 5.27. The Kier molecular flexibility index (Phi) is 5.02. The van der Waals surface area contributed by atoms with Crippen LogP contribution in [0.2, 0.25) is 5.02 Å². The van der Waals surface area contributed by atoms with Crippen molar-refractivity contribution in [1.82, 2.24) is 14.8 Å². The molecule has 0 atom stereocenters. The van der Waals surface area contributed by atoms with Gasteiger partial charge in [-0.05, 0) is 43.8 Å². The molecule has 1 aliphatic heterocycles. The van der Waals surface area contributed by atoms with Crippen molar-refractivity contribution in [3.63, 3.8) is 0 Å². The molecule has 1 saturated heterocycles. The second kappa shape index (κ2) is 7.20. The number of pyridine rings is 1. The van der Waals surface area contributed by atoms with Gasteiger partial charge in [-0.15, -0.1) is 0 Å². The van der Waals surface area contributed by atoms with Crippen LogP contribution < -0.4 is 5.32 Å². The van der Waals surface area contributed by atoms with Crippen LogP contribution in [0.4, 0.5) is 11.4 Å². The lowest BCUT2D eigenvalue weighted by atomic mass is 10.2. The number of benzene rings is 1. The molecule has 3 rings (SSSR count). The van der Waals surface area contributed by atoms with Crippen molar-refractivity contribution >= 4 is 28.9 Å². The van der Waals surface area contributed by atoms with Gasteiger partial charge in [-0.25, -0.2) is 4.98 Å². The summed E-state index contributed by atoms with van der Waals surface area (Å²) in [4.78, 5) is 20.8. The number of nitrogens with zero attached hydrogens (tertiary/aromatic N) is 3. The number of carbonyl (C=O) groups is 1. The number of likely N-dealkylation sites (N-methyl/N-ethyl adjacent to an activating group) is 1. The highest BCUT2D eigenvalue weighted by molar-refractivity contribution is 6.31. The van der Waals surface area contributed by atoms with Crippen molar-refractivity contribution in [3.8, 4) is 0 Å². The summed E-state index contributed by atoms with van der Waals surface area (Å²) in [6, 6.07) is 9.43. The van der Waals surface area contributed by atoms with Crippen LogP contribution in [-0.2, 0) is 0 Å². The Bertz CT molecular complexity index is 724. The van der Waals surface area contributed by atoms with E-state index in [1.165, 1.54) is 0 Å². The maximum absolute atomic E-state index is 12.5. The molecule has 2 aromatic rings. The molecule has 0 aliphatic carbocycles. The molecular formula is C18H21ClN4O. The average Bonchev–Trinajstić information content (AvgIpc) is 2.59. The molecule has 1 fully saturated rings. The first-order valence-corrected chi connectivity index (χ1v) is 8.38. The fourth-order valence-corrected chi connectivity index (χ4v) is 2.78. The highest BCUT2D eigenvalue weighted by Crippen LogP contribution is 2.23. The molecule has 0 saturated carbocycles. The minimum Gasteiger partial charge on any atom is -0.354 e. The van der Waals surface area contributed by atoms with Crippen LogP contribution in [-0.4, -0.2) is 53.9 Å². The van der Waals surface area contributed by atoms with Gasteiger partial charge in [0.25, 0.3) is 5.91 Å². The summed E-state index contributed by atoms with van der Waals surface area (Å²) < 4.78 is 0. The van der Waals surface area contributed by atoms with Crippen LogP contribution in [0.5, 0.6) is 0 Å². The molecule has 1 amide bonds. The van der Waals surface area contributed by atoms with Crippen LogP contribution in [0.15, 0.2) is 36.5 Å². The molecule has 0 bridgehead atoms. The molecule has 1 aliphatic rings. The highest BCUT2D eigenvalue weighted by Gasteiger charge is 2.21. The predicted molar refractivity (Wildman–Crippen MR) is 97.1 cm³/mol. The second-order valence-electron chi connectivity index (χ2n) is 6.12. The minimum atomic E-state index is -0.00645. The van der Waals surface area contributed by atoms with Gasteiger partial charge in [-0.1, -0.05) is 17.7 Å². The molecule has 5 nitrogen and oxygen atoms in total. The molecule has 6 heteroatoms. The van der Waals surface area contributed by atoms with E-state index in [-0.39, 0.29) is 5.91 Å². The number of carbonyl (C=O) groups excluding carboxylic acids is 1. The minimum absolute atomic E-state index is 0.00645. The molecule has 24 heavy (non-hydrogen) atoms. The van der Waals surface area contributed by atoms with Gasteiger partial charge in [0.05, 0.1) is 11.9 Å². The zero-order chi connectivity index (χ0) is 17.1. The van der Waals surface area contributed by atoms with E-state index in [2.05, 4.69) is 22.2 Å². The summed E-state index contributed by atoms with van der Waals surface area (Å²) in [6.07, 6.45) is 1.68. The van der Waals surface area contributed by atoms with Crippen molar-refractivity contribution in [3.05, 3.63) is 52.8 Å². The van der Waals surface area contributed by atoms with E-state index >= 15 is 0 Å². The average molecular weight is 345 g/mol. The van der Waals surface area contributed by atoms with E-state index in [9.17, 15) is 4.79 Å². The molecule has 0 spiro atoms. The number of aromatic nitrogens is 1. The van der Waals surface area contributed by atoms with Gasteiger partial charge in [-0.2, -0.15) is 0 Å². The number of nitrogens with one attached hydrogen (secondary N) is 1. The Balaban J connectivity index is 1.66. The van der Waals surface area contributed by atoms with Crippen molar-refractivity contribution in [2.24, 2.45) is 0 Å². The zero-order valence-corrected chi connectivity index (χ0v) is 14.7. The van der Waals surface area contributed by atoms with Crippen molar-refractivity contribution < 1.29 is 4.79 Å². The lowest BCUT2D eigenvalue weighted by molar-refractivity contribution is 0.0658. The van der Waals surface area contributed by atoms with Gasteiger partial charge in [0.15, 0.2) is 0 Å². The van der Waals surface area contributed by atoms with E-state index in [0.717, 1.165) is 48.1 Å². The zero-order valence-electron chi connectivity index (χ0n) is 13.9. The van der Waals surface area contributed by atoms with Crippen molar-refractivity contribution in [2.45, 2.75) is 6.92 Å². The largest absolute Gasteiger partial charge is 0.354 e. The number of hydrogen-bond acceptors (Lipinski definition) is 4. The molecule has 1 aromatic heterocycles. The van der Waals surface area contributed by atoms with E-state index in [1.54, 1.807) is 12.3 Å². The van der Waals surface area contributed by atoms with Gasteiger partial charge >= 0.3 is 0 Å². The summed E-state index contributed by atoms with van der Waals surface area (Å²) in [7, 11) is 2.07. The number of piperazine rings is 1. The van der Waals surface area contributed by atoms with Gasteiger partial charge in [-0.3, -0.25) is 4.79 Å². The first-order valence-electron chi connectivity index (χ1n) is 8.00. The topological polar surface area (TPSA) is 48.5 Å². The Hall–Kier alpha value is -2.11. The van der Waals surface area contributed by atoms with E-state index in [0.29, 0.717) is 5.69 Å². The van der Waals surface area contributed by atoms with E-state index < -0.39 is 0 Å². The Morgan fingerprint density at radius 3 is 2.46 bits per heavy atom. The third kappa shape index (κ3) is 3.86. The maximum atomic E-state index is 12.5. The summed E-state index contributed by atoms with van der Waals surface area (Å²) in [5.41, 5.74) is 3.23. The van der Waals surface area contributed by atoms with Crippen LogP contribution in [0.1, 0.15) is 16.1 Å². The van der Waals surface area contributed by atoms with Crippen molar-refractivity contribution in [1.29, 1.82) is 0 Å². The van der Waals surface area contributed by atoms with E-state index in [4.69, 9.17) is 11.6 Å². The van der Waals surface area contributed by atoms with Crippen molar-refractivity contribution in [2.75, 3.05) is 38.5 Å². The molecular weight excluding hydrogens is 324 g/mol. The fourth-order valence-electron chi connectivity index (χ4n) is 2.60. The van der Waals surface area contributed by atoms with Crippen LogP contribution in [0, 0.1) is 6.92 Å². The molecule has 1 N–H and O–H groups in total. The van der Waals surface area contributed by atoms with Gasteiger partial charge in [0.1, 0.15) is 5.69 Å². The Labute approximate surface area is 147 Å². The lowest BCUT2D eigenvalue weighted by Crippen LogP contribution is -2.47. The number of rotatable bonds is 3. The van der Waals surface area contributed by atoms with Gasteiger partial charge in [0, 0.05) is 36.9 Å². The molecule has 1 aromatic carbocycles. The van der Waals surface area contributed by atoms with Crippen LogP contribution in [0.25, 0.3) is 0 Å². The number of aryl methyl sites for hydroxylation is 1. The number of halogens is 1. The molecule has 0 unspecified atom stereocenters. The van der Waals surface area contributed by atoms with Gasteiger partial charge < -0.3 is 15.1 Å². The smallest absolute Gasteiger partial charge is 0.272 e. The number of anilines is 2. The molecule has 2 heterocycles. The van der Waals surface area contributed by atoms with E-state index in [1.807, 2.05) is 36.1 Å².